The van der Waals surface area contributed by atoms with Gasteiger partial charge in [0.2, 0.25) is 0 Å². The van der Waals surface area contributed by atoms with Crippen LogP contribution in [0.2, 0.25) is 0 Å². The molecule has 0 radical (unpaired) electrons. The number of nitro groups is 1. The Labute approximate surface area is 84.6 Å². The van der Waals surface area contributed by atoms with E-state index in [2.05, 4.69) is 0 Å². The smallest absolute Gasteiger partial charge is 0.312 e. The van der Waals surface area contributed by atoms with Gasteiger partial charge < -0.3 is 4.74 Å². The lowest BCUT2D eigenvalue weighted by Crippen LogP contribution is -1.96. The van der Waals surface area contributed by atoms with E-state index in [4.69, 9.17) is 21.6 Å². The van der Waals surface area contributed by atoms with Crippen molar-refractivity contribution in [2.75, 3.05) is 6.07 Å². The van der Waals surface area contributed by atoms with Crippen LogP contribution in [0.15, 0.2) is 18.2 Å². The van der Waals surface area contributed by atoms with E-state index in [1.165, 1.54) is 12.1 Å². The Morgan fingerprint density at radius 2 is 2.36 bits per heavy atom. The van der Waals surface area contributed by atoms with E-state index in [9.17, 15) is 10.1 Å². The maximum absolute atomic E-state index is 10.5. The van der Waals surface area contributed by atoms with Crippen LogP contribution in [0.25, 0.3) is 0 Å². The van der Waals surface area contributed by atoms with E-state index in [-0.39, 0.29) is 23.1 Å². The third-order valence-corrected chi connectivity index (χ3v) is 1.60. The van der Waals surface area contributed by atoms with Gasteiger partial charge in [0.15, 0.2) is 11.8 Å². The summed E-state index contributed by atoms with van der Waals surface area (Å²) in [6.07, 6.45) is 0. The van der Waals surface area contributed by atoms with Crippen molar-refractivity contribution in [3.63, 3.8) is 0 Å². The van der Waals surface area contributed by atoms with Gasteiger partial charge in [-0.2, -0.15) is 5.26 Å². The standard InChI is InChI=1S/C8H5ClN2O3/c9-5-14-8-2-1-6(4-10)3-7(8)11(12)13/h1-3H,5H2. The highest BCUT2D eigenvalue weighted by Gasteiger charge is 2.15. The molecule has 0 fully saturated rings. The van der Waals surface area contributed by atoms with Gasteiger partial charge in [-0.25, -0.2) is 0 Å². The molecule has 0 saturated carbocycles. The monoisotopic (exact) mass is 212 g/mol. The summed E-state index contributed by atoms with van der Waals surface area (Å²) < 4.78 is 4.81. The molecule has 0 amide bonds. The van der Waals surface area contributed by atoms with Gasteiger partial charge in [0, 0.05) is 6.07 Å². The van der Waals surface area contributed by atoms with Crippen molar-refractivity contribution >= 4 is 17.3 Å². The van der Waals surface area contributed by atoms with Crippen LogP contribution in [-0.4, -0.2) is 11.0 Å². The van der Waals surface area contributed by atoms with Gasteiger partial charge in [-0.3, -0.25) is 10.1 Å². The number of ether oxygens (including phenoxy) is 1. The first-order chi connectivity index (χ1) is 6.69. The first-order valence-corrected chi connectivity index (χ1v) is 4.09. The minimum absolute atomic E-state index is 0.0593. The van der Waals surface area contributed by atoms with E-state index in [0.29, 0.717) is 0 Å². The molecule has 0 spiro atoms. The van der Waals surface area contributed by atoms with Gasteiger partial charge in [-0.05, 0) is 12.1 Å². The van der Waals surface area contributed by atoms with Crippen LogP contribution < -0.4 is 4.74 Å². The van der Waals surface area contributed by atoms with Crippen LogP contribution >= 0.6 is 11.6 Å². The topological polar surface area (TPSA) is 76.2 Å². The second-order valence-corrected chi connectivity index (χ2v) is 2.52. The molecule has 0 heterocycles. The average Bonchev–Trinajstić information content (AvgIpc) is 2.18. The van der Waals surface area contributed by atoms with Gasteiger partial charge in [0.1, 0.15) is 0 Å². The summed E-state index contributed by atoms with van der Waals surface area (Å²) in [7, 11) is 0. The molecule has 0 N–H and O–H groups in total. The number of rotatable bonds is 3. The number of alkyl halides is 1. The van der Waals surface area contributed by atoms with E-state index < -0.39 is 4.92 Å². The van der Waals surface area contributed by atoms with Crippen LogP contribution in [0.4, 0.5) is 5.69 Å². The molecule has 1 aromatic carbocycles. The first-order valence-electron chi connectivity index (χ1n) is 3.56. The minimum Gasteiger partial charge on any atom is -0.471 e. The van der Waals surface area contributed by atoms with E-state index in [1.807, 2.05) is 0 Å². The maximum atomic E-state index is 10.5. The Hall–Kier alpha value is -1.80. The molecule has 1 aromatic rings. The molecule has 0 aromatic heterocycles. The first kappa shape index (κ1) is 10.3. The van der Waals surface area contributed by atoms with E-state index in [0.717, 1.165) is 6.07 Å². The average molecular weight is 213 g/mol. The fraction of sp³-hybridized carbons (Fsp3) is 0.125. The Kier molecular flexibility index (Phi) is 3.26. The molecule has 0 unspecified atom stereocenters. The van der Waals surface area contributed by atoms with Crippen molar-refractivity contribution in [1.29, 1.82) is 5.26 Å². The molecule has 14 heavy (non-hydrogen) atoms. The van der Waals surface area contributed by atoms with E-state index in [1.54, 1.807) is 6.07 Å². The van der Waals surface area contributed by atoms with Gasteiger partial charge in [0.05, 0.1) is 16.6 Å². The highest BCUT2D eigenvalue weighted by atomic mass is 35.5. The highest BCUT2D eigenvalue weighted by molar-refractivity contribution is 6.17. The number of halogens is 1. The number of hydrogen-bond donors (Lipinski definition) is 0. The molecule has 0 bridgehead atoms. The van der Waals surface area contributed by atoms with Crippen molar-refractivity contribution in [2.45, 2.75) is 0 Å². The molecule has 0 aliphatic rings. The third-order valence-electron chi connectivity index (χ3n) is 1.49. The summed E-state index contributed by atoms with van der Waals surface area (Å²) in [5.74, 6) is 0.0593. The quantitative estimate of drug-likeness (QED) is 0.436. The summed E-state index contributed by atoms with van der Waals surface area (Å²) in [6, 6.07) is 5.54. The Morgan fingerprint density at radius 3 is 2.86 bits per heavy atom. The summed E-state index contributed by atoms with van der Waals surface area (Å²) >= 11 is 5.28. The summed E-state index contributed by atoms with van der Waals surface area (Å²) in [5, 5.41) is 19.1. The number of nitrogens with zero attached hydrogens (tertiary/aromatic N) is 2. The van der Waals surface area contributed by atoms with Crippen LogP contribution in [-0.2, 0) is 0 Å². The number of benzene rings is 1. The zero-order valence-electron chi connectivity index (χ0n) is 6.94. The molecule has 0 aliphatic carbocycles. The fourth-order valence-corrected chi connectivity index (χ4v) is 1.03. The lowest BCUT2D eigenvalue weighted by Gasteiger charge is -2.02. The largest absolute Gasteiger partial charge is 0.471 e. The third kappa shape index (κ3) is 2.12. The predicted molar refractivity (Wildman–Crippen MR) is 49.2 cm³/mol. The van der Waals surface area contributed by atoms with Gasteiger partial charge in [-0.15, -0.1) is 0 Å². The number of hydrogen-bond acceptors (Lipinski definition) is 4. The van der Waals surface area contributed by atoms with Gasteiger partial charge in [-0.1, -0.05) is 11.6 Å². The normalized spacial score (nSPS) is 9.14. The maximum Gasteiger partial charge on any atom is 0.312 e. The highest BCUT2D eigenvalue weighted by Crippen LogP contribution is 2.27. The lowest BCUT2D eigenvalue weighted by molar-refractivity contribution is -0.385. The van der Waals surface area contributed by atoms with Crippen LogP contribution in [0, 0.1) is 21.4 Å². The van der Waals surface area contributed by atoms with Crippen LogP contribution in [0.3, 0.4) is 0 Å². The molecule has 0 atom stereocenters. The Bertz CT molecular complexity index is 400. The zero-order chi connectivity index (χ0) is 10.6. The zero-order valence-corrected chi connectivity index (χ0v) is 7.69. The number of nitriles is 1. The minimum atomic E-state index is -0.622. The number of nitro benzene ring substituents is 1. The van der Waals surface area contributed by atoms with Crippen molar-refractivity contribution in [2.24, 2.45) is 0 Å². The van der Waals surface area contributed by atoms with Crippen molar-refractivity contribution in [1.82, 2.24) is 0 Å². The summed E-state index contributed by atoms with van der Waals surface area (Å²) in [5.41, 5.74) is -0.0525. The molecule has 0 aliphatic heterocycles. The van der Waals surface area contributed by atoms with E-state index >= 15 is 0 Å². The molecule has 72 valence electrons. The second kappa shape index (κ2) is 4.44. The summed E-state index contributed by atoms with van der Waals surface area (Å²) in [6.45, 7) is 0. The second-order valence-electron chi connectivity index (χ2n) is 2.30. The van der Waals surface area contributed by atoms with Crippen LogP contribution in [0.1, 0.15) is 5.56 Å². The van der Waals surface area contributed by atoms with Gasteiger partial charge in [0.25, 0.3) is 0 Å². The van der Waals surface area contributed by atoms with Crippen molar-refractivity contribution < 1.29 is 9.66 Å². The Morgan fingerprint density at radius 1 is 1.64 bits per heavy atom. The molecular formula is C8H5ClN2O3. The fourth-order valence-electron chi connectivity index (χ4n) is 0.910. The summed E-state index contributed by atoms with van der Waals surface area (Å²) in [4.78, 5) is 9.92. The molecule has 5 nitrogen and oxygen atoms in total. The van der Waals surface area contributed by atoms with Crippen LogP contribution in [0.5, 0.6) is 5.75 Å². The molecule has 0 saturated heterocycles. The SMILES string of the molecule is N#Cc1ccc(OCCl)c([N+](=O)[O-])c1. The predicted octanol–water partition coefficient (Wildman–Crippen LogP) is 2.04. The molecule has 6 heteroatoms. The lowest BCUT2D eigenvalue weighted by atomic mass is 10.2. The molecule has 1 rings (SSSR count). The van der Waals surface area contributed by atoms with Crippen molar-refractivity contribution in [3.05, 3.63) is 33.9 Å². The molecular weight excluding hydrogens is 208 g/mol. The van der Waals surface area contributed by atoms with Crippen molar-refractivity contribution in [3.8, 4) is 11.8 Å². The van der Waals surface area contributed by atoms with Gasteiger partial charge >= 0.3 is 5.69 Å². The Balaban J connectivity index is 3.18.